The first kappa shape index (κ1) is 18.8. The van der Waals surface area contributed by atoms with Crippen molar-refractivity contribution in [3.63, 3.8) is 0 Å². The minimum Gasteiger partial charge on any atom is -0.463 e. The van der Waals surface area contributed by atoms with Gasteiger partial charge >= 0.3 is 0 Å². The van der Waals surface area contributed by atoms with E-state index in [4.69, 9.17) is 4.42 Å². The van der Waals surface area contributed by atoms with Crippen LogP contribution in [0.5, 0.6) is 0 Å². The van der Waals surface area contributed by atoms with Crippen LogP contribution in [-0.4, -0.2) is 51.7 Å². The zero-order valence-corrected chi connectivity index (χ0v) is 17.3. The minimum atomic E-state index is -0.000609. The smallest absolute Gasteiger partial charge is 0.272 e. The molecule has 0 N–H and O–H groups in total. The lowest BCUT2D eigenvalue weighted by atomic mass is 10.2. The summed E-state index contributed by atoms with van der Waals surface area (Å²) in [6.45, 7) is 4.09. The Labute approximate surface area is 179 Å². The van der Waals surface area contributed by atoms with Gasteiger partial charge in [0, 0.05) is 38.8 Å². The van der Waals surface area contributed by atoms with Crippen LogP contribution in [0, 0.1) is 0 Å². The molecule has 4 heterocycles. The molecule has 0 radical (unpaired) electrons. The number of hydrogen-bond acceptors (Lipinski definition) is 5. The summed E-state index contributed by atoms with van der Waals surface area (Å²) in [5.41, 5.74) is 3.40. The van der Waals surface area contributed by atoms with Gasteiger partial charge < -0.3 is 9.32 Å². The molecule has 152 valence electrons. The Kier molecular flexibility index (Phi) is 5.21. The molecular formula is C23H22N4O2S. The van der Waals surface area contributed by atoms with E-state index in [1.807, 2.05) is 53.4 Å². The van der Waals surface area contributed by atoms with Gasteiger partial charge in [-0.15, -0.1) is 0 Å². The van der Waals surface area contributed by atoms with Crippen LogP contribution in [0.4, 0.5) is 0 Å². The Morgan fingerprint density at radius 2 is 1.87 bits per heavy atom. The second kappa shape index (κ2) is 8.30. The number of hydrogen-bond donors (Lipinski definition) is 0. The molecule has 1 aliphatic heterocycles. The van der Waals surface area contributed by atoms with Gasteiger partial charge in [-0.3, -0.25) is 9.69 Å². The van der Waals surface area contributed by atoms with Crippen LogP contribution in [0.15, 0.2) is 76.0 Å². The molecule has 0 bridgehead atoms. The number of rotatable bonds is 5. The van der Waals surface area contributed by atoms with Gasteiger partial charge in [-0.1, -0.05) is 18.2 Å². The van der Waals surface area contributed by atoms with Crippen molar-refractivity contribution in [3.8, 4) is 17.1 Å². The zero-order chi connectivity index (χ0) is 20.3. The fraction of sp³-hybridized carbons (Fsp3) is 0.217. The van der Waals surface area contributed by atoms with Crippen molar-refractivity contribution < 1.29 is 9.21 Å². The first-order valence-corrected chi connectivity index (χ1v) is 10.9. The number of amides is 1. The summed E-state index contributed by atoms with van der Waals surface area (Å²) in [6, 6.07) is 17.4. The maximum absolute atomic E-state index is 13.4. The van der Waals surface area contributed by atoms with Gasteiger partial charge in [0.05, 0.1) is 12.0 Å². The number of aromatic nitrogens is 2. The molecule has 3 aromatic heterocycles. The van der Waals surface area contributed by atoms with E-state index in [1.54, 1.807) is 22.3 Å². The summed E-state index contributed by atoms with van der Waals surface area (Å²) >= 11 is 1.72. The molecule has 7 heteroatoms. The largest absolute Gasteiger partial charge is 0.463 e. The number of furan rings is 1. The number of benzene rings is 1. The van der Waals surface area contributed by atoms with Crippen LogP contribution in [0.25, 0.3) is 17.1 Å². The average Bonchev–Trinajstić information content (AvgIpc) is 3.55. The van der Waals surface area contributed by atoms with Gasteiger partial charge in [-0.25, -0.2) is 4.68 Å². The fourth-order valence-corrected chi connectivity index (χ4v) is 4.42. The quantitative estimate of drug-likeness (QED) is 0.489. The van der Waals surface area contributed by atoms with Crippen LogP contribution < -0.4 is 0 Å². The highest BCUT2D eigenvalue weighted by molar-refractivity contribution is 7.07. The molecule has 6 nitrogen and oxygen atoms in total. The second-order valence-electron chi connectivity index (χ2n) is 7.34. The van der Waals surface area contributed by atoms with E-state index in [9.17, 15) is 4.79 Å². The molecule has 1 aliphatic rings. The molecule has 30 heavy (non-hydrogen) atoms. The number of para-hydroxylation sites is 1. The van der Waals surface area contributed by atoms with Crippen molar-refractivity contribution in [2.24, 2.45) is 0 Å². The maximum atomic E-state index is 13.4. The number of thiophene rings is 1. The first-order chi connectivity index (χ1) is 14.8. The lowest BCUT2D eigenvalue weighted by Crippen LogP contribution is -2.48. The van der Waals surface area contributed by atoms with Crippen molar-refractivity contribution in [1.29, 1.82) is 0 Å². The van der Waals surface area contributed by atoms with Gasteiger partial charge in [0.15, 0.2) is 5.76 Å². The summed E-state index contributed by atoms with van der Waals surface area (Å²) in [5.74, 6) is 0.652. The third kappa shape index (κ3) is 3.81. The summed E-state index contributed by atoms with van der Waals surface area (Å²) in [4.78, 5) is 17.7. The lowest BCUT2D eigenvalue weighted by molar-refractivity contribution is 0.0619. The van der Waals surface area contributed by atoms with Gasteiger partial charge in [0.25, 0.3) is 5.91 Å². The molecule has 0 unspecified atom stereocenters. The van der Waals surface area contributed by atoms with E-state index in [1.165, 1.54) is 5.56 Å². The monoisotopic (exact) mass is 418 g/mol. The van der Waals surface area contributed by atoms with Gasteiger partial charge in [0.2, 0.25) is 0 Å². The number of piperazine rings is 1. The highest BCUT2D eigenvalue weighted by Crippen LogP contribution is 2.23. The van der Waals surface area contributed by atoms with Crippen LogP contribution >= 0.6 is 11.3 Å². The molecule has 1 saturated heterocycles. The molecule has 5 rings (SSSR count). The molecule has 1 fully saturated rings. The van der Waals surface area contributed by atoms with E-state index in [0.29, 0.717) is 30.2 Å². The topological polar surface area (TPSA) is 54.5 Å². The lowest BCUT2D eigenvalue weighted by Gasteiger charge is -2.34. The van der Waals surface area contributed by atoms with Crippen molar-refractivity contribution in [1.82, 2.24) is 19.6 Å². The minimum absolute atomic E-state index is 0.000609. The van der Waals surface area contributed by atoms with Gasteiger partial charge in [-0.2, -0.15) is 16.4 Å². The fourth-order valence-electron chi connectivity index (χ4n) is 3.76. The average molecular weight is 419 g/mol. The summed E-state index contributed by atoms with van der Waals surface area (Å²) in [6.07, 6.45) is 1.62. The predicted octanol–water partition coefficient (Wildman–Crippen LogP) is 4.15. The Bertz CT molecular complexity index is 1100. The Hall–Kier alpha value is -3.16. The third-order valence-electron chi connectivity index (χ3n) is 5.35. The Balaban J connectivity index is 1.37. The molecule has 0 spiro atoms. The molecule has 1 amide bonds. The Morgan fingerprint density at radius 1 is 1.03 bits per heavy atom. The summed E-state index contributed by atoms with van der Waals surface area (Å²) in [5, 5.41) is 8.96. The third-order valence-corrected chi connectivity index (χ3v) is 6.08. The SMILES string of the molecule is O=C(c1cc(-c2ccco2)nn1-c1ccccc1)N1CCN(Cc2ccsc2)CC1. The van der Waals surface area contributed by atoms with Crippen LogP contribution in [0.1, 0.15) is 16.1 Å². The predicted molar refractivity (Wildman–Crippen MR) is 117 cm³/mol. The van der Waals surface area contributed by atoms with Gasteiger partial charge in [-0.05, 0) is 46.7 Å². The van der Waals surface area contributed by atoms with Crippen molar-refractivity contribution in [2.45, 2.75) is 6.54 Å². The second-order valence-corrected chi connectivity index (χ2v) is 8.12. The van der Waals surface area contributed by atoms with Crippen LogP contribution in [-0.2, 0) is 6.54 Å². The highest BCUT2D eigenvalue weighted by Gasteiger charge is 2.26. The van der Waals surface area contributed by atoms with E-state index < -0.39 is 0 Å². The normalized spacial score (nSPS) is 14.9. The van der Waals surface area contributed by atoms with Crippen molar-refractivity contribution >= 4 is 17.2 Å². The molecule has 1 aromatic carbocycles. The highest BCUT2D eigenvalue weighted by atomic mass is 32.1. The van der Waals surface area contributed by atoms with E-state index in [2.05, 4.69) is 26.8 Å². The van der Waals surface area contributed by atoms with E-state index in [-0.39, 0.29) is 5.91 Å². The number of carbonyl (C=O) groups is 1. The Morgan fingerprint density at radius 3 is 2.57 bits per heavy atom. The van der Waals surface area contributed by atoms with Crippen molar-refractivity contribution in [2.75, 3.05) is 26.2 Å². The van der Waals surface area contributed by atoms with Crippen molar-refractivity contribution in [3.05, 3.63) is 82.9 Å². The zero-order valence-electron chi connectivity index (χ0n) is 16.5. The standard InChI is InChI=1S/C23H22N4O2S/c28-23(26-11-9-25(10-12-26)16-18-8-14-30-17-18)21-15-20(22-7-4-13-29-22)24-27(21)19-5-2-1-3-6-19/h1-8,13-15,17H,9-12,16H2. The van der Waals surface area contributed by atoms with E-state index >= 15 is 0 Å². The molecule has 4 aromatic rings. The molecular weight excluding hydrogens is 396 g/mol. The molecule has 0 saturated carbocycles. The molecule has 0 aliphatic carbocycles. The van der Waals surface area contributed by atoms with Gasteiger partial charge in [0.1, 0.15) is 11.4 Å². The van der Waals surface area contributed by atoms with E-state index in [0.717, 1.165) is 25.3 Å². The van der Waals surface area contributed by atoms with Crippen LogP contribution in [0.2, 0.25) is 0 Å². The summed E-state index contributed by atoms with van der Waals surface area (Å²) < 4.78 is 7.23. The number of carbonyl (C=O) groups excluding carboxylic acids is 1. The number of nitrogens with zero attached hydrogens (tertiary/aromatic N) is 4. The molecule has 0 atom stereocenters. The first-order valence-electron chi connectivity index (χ1n) is 10.00. The van der Waals surface area contributed by atoms with Crippen LogP contribution in [0.3, 0.4) is 0 Å². The summed E-state index contributed by atoms with van der Waals surface area (Å²) in [7, 11) is 0. The maximum Gasteiger partial charge on any atom is 0.272 e.